The molecule has 0 unspecified atom stereocenters. The number of ether oxygens (including phenoxy) is 8. The highest BCUT2D eigenvalue weighted by Crippen LogP contribution is 1.82. The largest absolute Gasteiger partial charge is 0.480 e. The van der Waals surface area contributed by atoms with Crippen LogP contribution in [0.4, 0.5) is 0 Å². The molecule has 24 nitrogen and oxygen atoms in total. The number of carboxylic acid groups (broad SMARTS) is 8. The van der Waals surface area contributed by atoms with Crippen LogP contribution < -0.4 is 0 Å². The standard InChI is InChI=1S/C8H14O7.2C6H10O6.C4H6O5/c9-7(10)5-14-3-1-13-2-4-15-6-8(11)12;2*7-5(8)3-11-1-2-12-4-6(9)10;5-3(6)1-9-2-4(7)8/h1-6H2,(H,9,10)(H,11,12);2*1-4H2,(H,7,8)(H,9,10);1-2H2,(H,5,6)(H,7,8). The second kappa shape index (κ2) is 38.6. The first-order chi connectivity index (χ1) is 22.5. The number of hydrogen-bond acceptors (Lipinski definition) is 16. The van der Waals surface area contributed by atoms with Crippen LogP contribution in [0.2, 0.25) is 0 Å². The maximum Gasteiger partial charge on any atom is 0.329 e. The molecule has 0 aromatic heterocycles. The van der Waals surface area contributed by atoms with E-state index in [-0.39, 0.29) is 66.1 Å². The van der Waals surface area contributed by atoms with Gasteiger partial charge in [0.15, 0.2) is 0 Å². The summed E-state index contributed by atoms with van der Waals surface area (Å²) in [7, 11) is 0. The lowest BCUT2D eigenvalue weighted by Gasteiger charge is -2.04. The minimum absolute atomic E-state index is 0.0829. The second-order valence-corrected chi connectivity index (χ2v) is 7.57. The Labute approximate surface area is 271 Å². The van der Waals surface area contributed by atoms with Crippen LogP contribution in [0.25, 0.3) is 0 Å². The first-order valence-corrected chi connectivity index (χ1v) is 12.9. The summed E-state index contributed by atoms with van der Waals surface area (Å²) in [6, 6.07) is 0. The molecule has 0 aliphatic rings. The van der Waals surface area contributed by atoms with E-state index in [4.69, 9.17) is 45.6 Å². The highest BCUT2D eigenvalue weighted by atomic mass is 16.6. The third kappa shape index (κ3) is 68.6. The molecular formula is C24H40O24. The Morgan fingerprint density at radius 2 is 0.354 bits per heavy atom. The molecule has 0 rings (SSSR count). The van der Waals surface area contributed by atoms with Crippen molar-refractivity contribution in [2.75, 3.05) is 106 Å². The summed E-state index contributed by atoms with van der Waals surface area (Å²) < 4.78 is 36.7. The van der Waals surface area contributed by atoms with Crippen molar-refractivity contribution in [2.45, 2.75) is 0 Å². The number of carboxylic acids is 8. The zero-order valence-electron chi connectivity index (χ0n) is 25.4. The van der Waals surface area contributed by atoms with Gasteiger partial charge in [0.25, 0.3) is 0 Å². The van der Waals surface area contributed by atoms with Crippen molar-refractivity contribution in [2.24, 2.45) is 0 Å². The summed E-state index contributed by atoms with van der Waals surface area (Å²) >= 11 is 0. The first kappa shape index (κ1) is 50.3. The van der Waals surface area contributed by atoms with E-state index in [1.807, 2.05) is 0 Å². The molecule has 0 heterocycles. The Kier molecular flexibility index (Phi) is 40.5. The van der Waals surface area contributed by atoms with Gasteiger partial charge in [-0.3, -0.25) is 0 Å². The van der Waals surface area contributed by atoms with Gasteiger partial charge >= 0.3 is 47.8 Å². The molecular weight excluding hydrogens is 672 g/mol. The predicted octanol–water partition coefficient (Wildman–Crippen LogP) is -3.24. The molecule has 0 saturated heterocycles. The molecule has 0 atom stereocenters. The van der Waals surface area contributed by atoms with Crippen LogP contribution in [0, 0.1) is 0 Å². The molecule has 0 aliphatic heterocycles. The average molecular weight is 713 g/mol. The van der Waals surface area contributed by atoms with Crippen molar-refractivity contribution in [3.05, 3.63) is 0 Å². The predicted molar refractivity (Wildman–Crippen MR) is 148 cm³/mol. The maximum atomic E-state index is 10.00. The van der Waals surface area contributed by atoms with Gasteiger partial charge < -0.3 is 78.7 Å². The van der Waals surface area contributed by atoms with Gasteiger partial charge in [0, 0.05) is 0 Å². The summed E-state index contributed by atoms with van der Waals surface area (Å²) in [5, 5.41) is 64.6. The Bertz CT molecular complexity index is 798. The van der Waals surface area contributed by atoms with E-state index in [9.17, 15) is 38.4 Å². The molecule has 0 amide bonds. The van der Waals surface area contributed by atoms with E-state index < -0.39 is 87.4 Å². The monoisotopic (exact) mass is 712 g/mol. The molecule has 0 spiro atoms. The third-order valence-electron chi connectivity index (χ3n) is 3.29. The zero-order chi connectivity index (χ0) is 37.6. The smallest absolute Gasteiger partial charge is 0.329 e. The van der Waals surface area contributed by atoms with Crippen LogP contribution >= 0.6 is 0 Å². The molecule has 0 saturated carbocycles. The van der Waals surface area contributed by atoms with Gasteiger partial charge in [-0.05, 0) is 0 Å². The zero-order valence-corrected chi connectivity index (χ0v) is 25.4. The van der Waals surface area contributed by atoms with Crippen LogP contribution in [0.1, 0.15) is 0 Å². The molecule has 280 valence electrons. The number of aliphatic carboxylic acids is 8. The fraction of sp³-hybridized carbons (Fsp3) is 0.667. The van der Waals surface area contributed by atoms with Gasteiger partial charge in [0.2, 0.25) is 0 Å². The summed E-state index contributed by atoms with van der Waals surface area (Å²) in [6.07, 6.45) is 0. The molecule has 0 aromatic rings. The minimum Gasteiger partial charge on any atom is -0.480 e. The van der Waals surface area contributed by atoms with Crippen LogP contribution in [0.3, 0.4) is 0 Å². The number of carbonyl (C=O) groups is 8. The molecule has 48 heavy (non-hydrogen) atoms. The van der Waals surface area contributed by atoms with E-state index in [0.29, 0.717) is 0 Å². The minimum atomic E-state index is -1.17. The SMILES string of the molecule is O=C(O)COCC(=O)O.O=C(O)COCCOCC(=O)O.O=C(O)COCCOCC(=O)O.O=C(O)COCCOCCOCC(=O)O. The van der Waals surface area contributed by atoms with Crippen molar-refractivity contribution in [3.63, 3.8) is 0 Å². The van der Waals surface area contributed by atoms with Crippen molar-refractivity contribution < 1.29 is 117 Å². The van der Waals surface area contributed by atoms with E-state index >= 15 is 0 Å². The molecule has 0 fully saturated rings. The fourth-order valence-corrected chi connectivity index (χ4v) is 1.76. The summed E-state index contributed by atoms with van der Waals surface area (Å²) in [6.45, 7) is -2.18. The van der Waals surface area contributed by atoms with E-state index in [1.54, 1.807) is 0 Å². The Balaban J connectivity index is -0.000000273. The van der Waals surface area contributed by atoms with Gasteiger partial charge in [0.1, 0.15) is 52.9 Å². The van der Waals surface area contributed by atoms with Crippen molar-refractivity contribution in [3.8, 4) is 0 Å². The van der Waals surface area contributed by atoms with Crippen LogP contribution in [-0.4, -0.2) is 194 Å². The lowest BCUT2D eigenvalue weighted by atomic mass is 10.7. The second-order valence-electron chi connectivity index (χ2n) is 7.57. The topological polar surface area (TPSA) is 372 Å². The Hall–Kier alpha value is -4.56. The van der Waals surface area contributed by atoms with Gasteiger partial charge in [-0.1, -0.05) is 0 Å². The van der Waals surface area contributed by atoms with Crippen molar-refractivity contribution in [1.82, 2.24) is 0 Å². The summed E-state index contributed by atoms with van der Waals surface area (Å²) in [5.74, 6) is -8.64. The van der Waals surface area contributed by atoms with Gasteiger partial charge in [0.05, 0.1) is 52.9 Å². The van der Waals surface area contributed by atoms with E-state index in [2.05, 4.69) is 33.2 Å². The van der Waals surface area contributed by atoms with Gasteiger partial charge in [-0.15, -0.1) is 0 Å². The van der Waals surface area contributed by atoms with Gasteiger partial charge in [-0.2, -0.15) is 0 Å². The fourth-order valence-electron chi connectivity index (χ4n) is 1.76. The average Bonchev–Trinajstić information content (AvgIpc) is 2.95. The lowest BCUT2D eigenvalue weighted by molar-refractivity contribution is -0.149. The van der Waals surface area contributed by atoms with Crippen LogP contribution in [0.15, 0.2) is 0 Å². The third-order valence-corrected chi connectivity index (χ3v) is 3.29. The summed E-state index contributed by atoms with van der Waals surface area (Å²) in [5.41, 5.74) is 0. The number of rotatable bonds is 28. The van der Waals surface area contributed by atoms with E-state index in [1.165, 1.54) is 0 Å². The summed E-state index contributed by atoms with van der Waals surface area (Å²) in [4.78, 5) is 78.8. The molecule has 8 N–H and O–H groups in total. The molecule has 0 aromatic carbocycles. The molecule has 0 radical (unpaired) electrons. The lowest BCUT2D eigenvalue weighted by Crippen LogP contribution is -2.14. The normalized spacial score (nSPS) is 9.67. The van der Waals surface area contributed by atoms with Crippen molar-refractivity contribution in [1.29, 1.82) is 0 Å². The highest BCUT2D eigenvalue weighted by Gasteiger charge is 2.01. The van der Waals surface area contributed by atoms with Crippen LogP contribution in [0.5, 0.6) is 0 Å². The molecule has 24 heteroatoms. The Morgan fingerprint density at radius 1 is 0.229 bits per heavy atom. The van der Waals surface area contributed by atoms with E-state index in [0.717, 1.165) is 0 Å². The number of hydrogen-bond donors (Lipinski definition) is 8. The van der Waals surface area contributed by atoms with Crippen LogP contribution in [-0.2, 0) is 76.3 Å². The molecule has 0 bridgehead atoms. The maximum absolute atomic E-state index is 10.00. The first-order valence-electron chi connectivity index (χ1n) is 12.9. The van der Waals surface area contributed by atoms with Crippen molar-refractivity contribution >= 4 is 47.8 Å². The molecule has 0 aliphatic carbocycles. The Morgan fingerprint density at radius 3 is 0.500 bits per heavy atom. The van der Waals surface area contributed by atoms with Gasteiger partial charge in [-0.25, -0.2) is 38.4 Å². The quantitative estimate of drug-likeness (QED) is 0.0369. The highest BCUT2D eigenvalue weighted by molar-refractivity contribution is 5.71.